The molecule has 0 atom stereocenters. The van der Waals surface area contributed by atoms with Gasteiger partial charge in [-0.25, -0.2) is 0 Å². The van der Waals surface area contributed by atoms with Gasteiger partial charge in [0.1, 0.15) is 0 Å². The second-order valence-electron chi connectivity index (χ2n) is 7.45. The quantitative estimate of drug-likeness (QED) is 0.235. The average molecular weight is 341 g/mol. The second kappa shape index (κ2) is 22.9. The minimum absolute atomic E-state index is 1.22. The van der Waals surface area contributed by atoms with E-state index in [9.17, 15) is 0 Å². The van der Waals surface area contributed by atoms with Gasteiger partial charge in [-0.1, -0.05) is 90.9 Å². The zero-order chi connectivity index (χ0) is 17.6. The Labute approximate surface area is 154 Å². The highest BCUT2D eigenvalue weighted by Crippen LogP contribution is 2.05. The summed E-state index contributed by atoms with van der Waals surface area (Å²) in [5.74, 6) is 0. The fraction of sp³-hybridized carbons (Fsp3) is 1.00. The van der Waals surface area contributed by atoms with Gasteiger partial charge >= 0.3 is 0 Å². The molecule has 0 spiro atoms. The summed E-state index contributed by atoms with van der Waals surface area (Å²) in [7, 11) is 0. The minimum Gasteiger partial charge on any atom is -0.317 e. The summed E-state index contributed by atoms with van der Waals surface area (Å²) in [4.78, 5) is 0. The first kappa shape index (κ1) is 23.9. The van der Waals surface area contributed by atoms with Crippen LogP contribution in [0.2, 0.25) is 0 Å². The van der Waals surface area contributed by atoms with Crippen molar-refractivity contribution in [3.05, 3.63) is 0 Å². The molecule has 0 saturated heterocycles. The molecule has 0 rings (SSSR count). The van der Waals surface area contributed by atoms with E-state index >= 15 is 0 Å². The largest absolute Gasteiger partial charge is 0.317 e. The number of hydrogen-bond donors (Lipinski definition) is 2. The maximum Gasteiger partial charge on any atom is -0.00489 e. The molecule has 0 radical (unpaired) electrons. The fourth-order valence-electron chi connectivity index (χ4n) is 3.16. The van der Waals surface area contributed by atoms with Crippen LogP contribution in [0.5, 0.6) is 0 Å². The third-order valence-electron chi connectivity index (χ3n) is 4.87. The van der Waals surface area contributed by atoms with Gasteiger partial charge in [-0.2, -0.15) is 0 Å². The second-order valence-corrected chi connectivity index (χ2v) is 7.45. The van der Waals surface area contributed by atoms with Crippen molar-refractivity contribution in [2.24, 2.45) is 0 Å². The zero-order valence-electron chi connectivity index (χ0n) is 17.1. The Morgan fingerprint density at radius 1 is 0.333 bits per heavy atom. The molecule has 0 unspecified atom stereocenters. The zero-order valence-corrected chi connectivity index (χ0v) is 17.1. The Kier molecular flexibility index (Phi) is 22.8. The normalized spacial score (nSPS) is 11.2. The van der Waals surface area contributed by atoms with Crippen LogP contribution in [0, 0.1) is 0 Å². The smallest absolute Gasteiger partial charge is 0.00489 e. The highest BCUT2D eigenvalue weighted by molar-refractivity contribution is 4.53. The number of nitrogens with one attached hydrogen (secondary N) is 2. The standard InChI is InChI=1S/C22H48N2/c1-3-5-7-9-11-15-19-23-21-17-13-14-18-22-24-20-16-12-10-8-6-4-2/h23-24H,3-22H2,1-2H3. The summed E-state index contributed by atoms with van der Waals surface area (Å²) in [6, 6.07) is 0. The Morgan fingerprint density at radius 3 is 0.875 bits per heavy atom. The SMILES string of the molecule is CCCCCCCCNCCCCCCNCCCCCCCC. The van der Waals surface area contributed by atoms with Crippen molar-refractivity contribution in [2.75, 3.05) is 26.2 Å². The predicted octanol–water partition coefficient (Wildman–Crippen LogP) is 6.45. The molecule has 0 aliphatic heterocycles. The van der Waals surface area contributed by atoms with Gasteiger partial charge in [-0.05, 0) is 51.9 Å². The molecule has 0 aliphatic rings. The minimum atomic E-state index is 1.22. The summed E-state index contributed by atoms with van der Waals surface area (Å²) >= 11 is 0. The third kappa shape index (κ3) is 21.9. The number of unbranched alkanes of at least 4 members (excludes halogenated alkanes) is 13. The molecule has 0 aromatic heterocycles. The molecule has 0 aromatic rings. The predicted molar refractivity (Wildman–Crippen MR) is 111 cm³/mol. The van der Waals surface area contributed by atoms with Crippen LogP contribution in [0.3, 0.4) is 0 Å². The van der Waals surface area contributed by atoms with Gasteiger partial charge in [0, 0.05) is 0 Å². The first-order valence-corrected chi connectivity index (χ1v) is 11.3. The van der Waals surface area contributed by atoms with E-state index in [1.54, 1.807) is 0 Å². The van der Waals surface area contributed by atoms with Gasteiger partial charge < -0.3 is 10.6 Å². The average Bonchev–Trinajstić information content (AvgIpc) is 2.60. The molecule has 24 heavy (non-hydrogen) atoms. The van der Waals surface area contributed by atoms with E-state index in [4.69, 9.17) is 0 Å². The summed E-state index contributed by atoms with van der Waals surface area (Å²) in [6.45, 7) is 9.47. The van der Waals surface area contributed by atoms with Crippen LogP contribution in [0.1, 0.15) is 117 Å². The Balaban J connectivity index is 2.93. The van der Waals surface area contributed by atoms with Crippen LogP contribution >= 0.6 is 0 Å². The van der Waals surface area contributed by atoms with Crippen molar-refractivity contribution in [3.63, 3.8) is 0 Å². The lowest BCUT2D eigenvalue weighted by atomic mass is 10.1. The maximum atomic E-state index is 3.60. The lowest BCUT2D eigenvalue weighted by Gasteiger charge is -2.06. The van der Waals surface area contributed by atoms with E-state index in [0.717, 1.165) is 0 Å². The van der Waals surface area contributed by atoms with E-state index in [-0.39, 0.29) is 0 Å². The molecule has 0 amide bonds. The molecule has 0 bridgehead atoms. The first-order chi connectivity index (χ1) is 11.9. The Morgan fingerprint density at radius 2 is 0.583 bits per heavy atom. The molecule has 2 nitrogen and oxygen atoms in total. The van der Waals surface area contributed by atoms with E-state index in [1.807, 2.05) is 0 Å². The van der Waals surface area contributed by atoms with E-state index in [1.165, 1.54) is 129 Å². The third-order valence-corrected chi connectivity index (χ3v) is 4.87. The van der Waals surface area contributed by atoms with Crippen LogP contribution in [0.25, 0.3) is 0 Å². The van der Waals surface area contributed by atoms with Crippen molar-refractivity contribution in [3.8, 4) is 0 Å². The van der Waals surface area contributed by atoms with Gasteiger partial charge in [0.25, 0.3) is 0 Å². The number of hydrogen-bond acceptors (Lipinski definition) is 2. The summed E-state index contributed by atoms with van der Waals surface area (Å²) in [6.07, 6.45) is 22.3. The van der Waals surface area contributed by atoms with Crippen molar-refractivity contribution >= 4 is 0 Å². The van der Waals surface area contributed by atoms with Crippen LogP contribution in [-0.4, -0.2) is 26.2 Å². The van der Waals surface area contributed by atoms with Crippen molar-refractivity contribution in [1.82, 2.24) is 10.6 Å². The first-order valence-electron chi connectivity index (χ1n) is 11.3. The van der Waals surface area contributed by atoms with Crippen LogP contribution in [0.15, 0.2) is 0 Å². The van der Waals surface area contributed by atoms with Crippen LogP contribution < -0.4 is 10.6 Å². The monoisotopic (exact) mass is 340 g/mol. The molecule has 0 aliphatic carbocycles. The Bertz CT molecular complexity index is 184. The molecule has 146 valence electrons. The molecular weight excluding hydrogens is 292 g/mol. The van der Waals surface area contributed by atoms with Crippen LogP contribution in [0.4, 0.5) is 0 Å². The fourth-order valence-corrected chi connectivity index (χ4v) is 3.16. The summed E-state index contributed by atoms with van der Waals surface area (Å²) < 4.78 is 0. The molecule has 0 heterocycles. The maximum absolute atomic E-state index is 3.60. The lowest BCUT2D eigenvalue weighted by molar-refractivity contribution is 0.531. The summed E-state index contributed by atoms with van der Waals surface area (Å²) in [5.41, 5.74) is 0. The van der Waals surface area contributed by atoms with E-state index in [0.29, 0.717) is 0 Å². The van der Waals surface area contributed by atoms with Gasteiger partial charge in [0.15, 0.2) is 0 Å². The van der Waals surface area contributed by atoms with E-state index < -0.39 is 0 Å². The van der Waals surface area contributed by atoms with Gasteiger partial charge in [-0.3, -0.25) is 0 Å². The molecule has 0 fully saturated rings. The molecule has 2 N–H and O–H groups in total. The molecule has 2 heteroatoms. The van der Waals surface area contributed by atoms with Gasteiger partial charge in [0.05, 0.1) is 0 Å². The lowest BCUT2D eigenvalue weighted by Crippen LogP contribution is -2.17. The number of rotatable bonds is 21. The van der Waals surface area contributed by atoms with E-state index in [2.05, 4.69) is 24.5 Å². The van der Waals surface area contributed by atoms with Gasteiger partial charge in [-0.15, -0.1) is 0 Å². The molecule has 0 aromatic carbocycles. The van der Waals surface area contributed by atoms with Crippen molar-refractivity contribution < 1.29 is 0 Å². The summed E-state index contributed by atoms with van der Waals surface area (Å²) in [5, 5.41) is 7.20. The molecular formula is C22H48N2. The highest BCUT2D eigenvalue weighted by Gasteiger charge is 1.93. The van der Waals surface area contributed by atoms with Crippen molar-refractivity contribution in [1.29, 1.82) is 0 Å². The van der Waals surface area contributed by atoms with Crippen LogP contribution in [-0.2, 0) is 0 Å². The van der Waals surface area contributed by atoms with Crippen molar-refractivity contribution in [2.45, 2.75) is 117 Å². The topological polar surface area (TPSA) is 24.1 Å². The molecule has 0 saturated carbocycles. The van der Waals surface area contributed by atoms with Gasteiger partial charge in [0.2, 0.25) is 0 Å². The highest BCUT2D eigenvalue weighted by atomic mass is 14.8. The Hall–Kier alpha value is -0.0800.